The van der Waals surface area contributed by atoms with E-state index in [1.165, 1.54) is 0 Å². The Hall–Kier alpha value is -1.06. The quantitative estimate of drug-likeness (QED) is 0.727. The van der Waals surface area contributed by atoms with Gasteiger partial charge in [0.15, 0.2) is 0 Å². The Bertz CT molecular complexity index is 432. The lowest BCUT2D eigenvalue weighted by atomic mass is 9.82. The molecule has 0 radical (unpaired) electrons. The van der Waals surface area contributed by atoms with Gasteiger partial charge in [-0.1, -0.05) is 20.3 Å². The van der Waals surface area contributed by atoms with Crippen LogP contribution < -0.4 is 0 Å². The Balaban J connectivity index is 1.70. The van der Waals surface area contributed by atoms with E-state index < -0.39 is 5.41 Å². The second-order valence-corrected chi connectivity index (χ2v) is 6.94. The molecular weight excluding hydrogens is 256 g/mol. The second kappa shape index (κ2) is 4.74. The standard InChI is InChI=1S/C16H24O4/c1-4-6-16(3,5-2)15(18)20-12-9-7-10-11(8-9)14(17)19-13(10)12/h9-13H,4-8H2,1-3H3. The molecule has 20 heavy (non-hydrogen) atoms. The predicted molar refractivity (Wildman–Crippen MR) is 72.8 cm³/mol. The molecule has 4 heteroatoms. The van der Waals surface area contributed by atoms with E-state index in [0.717, 1.165) is 32.1 Å². The van der Waals surface area contributed by atoms with E-state index in [-0.39, 0.29) is 30.1 Å². The summed E-state index contributed by atoms with van der Waals surface area (Å²) in [4.78, 5) is 24.2. The molecule has 6 unspecified atom stereocenters. The molecule has 3 fully saturated rings. The van der Waals surface area contributed by atoms with Gasteiger partial charge in [0.25, 0.3) is 0 Å². The molecule has 2 bridgehead atoms. The van der Waals surface area contributed by atoms with Crippen molar-refractivity contribution in [1.82, 2.24) is 0 Å². The molecule has 0 spiro atoms. The van der Waals surface area contributed by atoms with Crippen molar-refractivity contribution in [3.05, 3.63) is 0 Å². The predicted octanol–water partition coefficient (Wildman–Crippen LogP) is 2.70. The maximum atomic E-state index is 12.5. The van der Waals surface area contributed by atoms with Crippen LogP contribution in [0.2, 0.25) is 0 Å². The van der Waals surface area contributed by atoms with Gasteiger partial charge < -0.3 is 9.47 Å². The summed E-state index contributed by atoms with van der Waals surface area (Å²) in [6.45, 7) is 6.10. The molecule has 0 aromatic rings. The molecule has 0 N–H and O–H groups in total. The summed E-state index contributed by atoms with van der Waals surface area (Å²) in [6, 6.07) is 0. The fraction of sp³-hybridized carbons (Fsp3) is 0.875. The van der Waals surface area contributed by atoms with Crippen LogP contribution in [0.25, 0.3) is 0 Å². The van der Waals surface area contributed by atoms with E-state index >= 15 is 0 Å². The summed E-state index contributed by atoms with van der Waals surface area (Å²) < 4.78 is 11.3. The molecule has 0 amide bonds. The first kappa shape index (κ1) is 13.9. The third-order valence-electron chi connectivity index (χ3n) is 5.73. The fourth-order valence-corrected chi connectivity index (χ4v) is 4.31. The Kier molecular flexibility index (Phi) is 3.30. The van der Waals surface area contributed by atoms with Crippen LogP contribution in [0, 0.1) is 23.2 Å². The van der Waals surface area contributed by atoms with Gasteiger partial charge in [-0.15, -0.1) is 0 Å². The molecule has 1 heterocycles. The van der Waals surface area contributed by atoms with Gasteiger partial charge in [-0.05, 0) is 32.6 Å². The fourth-order valence-electron chi connectivity index (χ4n) is 4.31. The Labute approximate surface area is 120 Å². The normalized spacial score (nSPS) is 40.5. The van der Waals surface area contributed by atoms with Crippen LogP contribution in [0.5, 0.6) is 0 Å². The molecule has 3 aliphatic rings. The highest BCUT2D eigenvalue weighted by Gasteiger charge is 2.63. The highest BCUT2D eigenvalue weighted by atomic mass is 16.6. The molecule has 4 nitrogen and oxygen atoms in total. The van der Waals surface area contributed by atoms with Gasteiger partial charge in [-0.2, -0.15) is 0 Å². The average Bonchev–Trinajstić information content (AvgIpc) is 3.03. The molecule has 1 aliphatic heterocycles. The van der Waals surface area contributed by atoms with Crippen LogP contribution in [-0.4, -0.2) is 24.1 Å². The number of ether oxygens (including phenoxy) is 2. The van der Waals surface area contributed by atoms with Crippen LogP contribution in [0.4, 0.5) is 0 Å². The van der Waals surface area contributed by atoms with E-state index in [0.29, 0.717) is 11.8 Å². The first-order chi connectivity index (χ1) is 9.50. The van der Waals surface area contributed by atoms with Crippen molar-refractivity contribution in [3.8, 4) is 0 Å². The maximum absolute atomic E-state index is 12.5. The molecule has 1 saturated heterocycles. The SMILES string of the molecule is CCCC(C)(CC)C(=O)OC1C2CC3C(=O)OC1C3C2. The van der Waals surface area contributed by atoms with Gasteiger partial charge >= 0.3 is 11.9 Å². The number of fused-ring (bicyclic) bond motifs is 1. The minimum Gasteiger partial charge on any atom is -0.458 e. The molecular formula is C16H24O4. The molecule has 112 valence electrons. The van der Waals surface area contributed by atoms with E-state index in [1.54, 1.807) is 0 Å². The number of esters is 2. The Morgan fingerprint density at radius 3 is 2.80 bits per heavy atom. The van der Waals surface area contributed by atoms with Crippen molar-refractivity contribution in [2.45, 2.75) is 65.1 Å². The zero-order valence-corrected chi connectivity index (χ0v) is 12.6. The van der Waals surface area contributed by atoms with Gasteiger partial charge in [-0.3, -0.25) is 9.59 Å². The van der Waals surface area contributed by atoms with Gasteiger partial charge in [0.2, 0.25) is 0 Å². The van der Waals surface area contributed by atoms with Crippen molar-refractivity contribution in [3.63, 3.8) is 0 Å². The topological polar surface area (TPSA) is 52.6 Å². The molecule has 3 rings (SSSR count). The van der Waals surface area contributed by atoms with Crippen LogP contribution in [0.15, 0.2) is 0 Å². The minimum absolute atomic E-state index is 0.0761. The summed E-state index contributed by atoms with van der Waals surface area (Å²) in [5, 5.41) is 0. The van der Waals surface area contributed by atoms with Crippen LogP contribution in [0.1, 0.15) is 52.9 Å². The third kappa shape index (κ3) is 1.87. The zero-order chi connectivity index (χ0) is 14.5. The van der Waals surface area contributed by atoms with E-state index in [2.05, 4.69) is 6.92 Å². The number of hydrogen-bond acceptors (Lipinski definition) is 4. The highest BCUT2D eigenvalue weighted by molar-refractivity contribution is 5.78. The van der Waals surface area contributed by atoms with E-state index in [1.807, 2.05) is 13.8 Å². The van der Waals surface area contributed by atoms with Crippen molar-refractivity contribution in [2.24, 2.45) is 23.2 Å². The van der Waals surface area contributed by atoms with Gasteiger partial charge in [-0.25, -0.2) is 0 Å². The zero-order valence-electron chi connectivity index (χ0n) is 12.6. The van der Waals surface area contributed by atoms with E-state index in [4.69, 9.17) is 9.47 Å². The lowest BCUT2D eigenvalue weighted by molar-refractivity contribution is -0.171. The van der Waals surface area contributed by atoms with Crippen LogP contribution >= 0.6 is 0 Å². The smallest absolute Gasteiger partial charge is 0.312 e. The lowest BCUT2D eigenvalue weighted by Gasteiger charge is -2.31. The summed E-state index contributed by atoms with van der Waals surface area (Å²) in [5.41, 5.74) is -0.404. The summed E-state index contributed by atoms with van der Waals surface area (Å²) in [5.74, 6) is 0.511. The largest absolute Gasteiger partial charge is 0.458 e. The number of rotatable bonds is 5. The Morgan fingerprint density at radius 2 is 2.15 bits per heavy atom. The number of hydrogen-bond donors (Lipinski definition) is 0. The molecule has 2 saturated carbocycles. The molecule has 2 aliphatic carbocycles. The van der Waals surface area contributed by atoms with Crippen molar-refractivity contribution in [1.29, 1.82) is 0 Å². The van der Waals surface area contributed by atoms with Gasteiger partial charge in [0.05, 0.1) is 11.3 Å². The number of carbonyl (C=O) groups excluding carboxylic acids is 2. The molecule has 0 aromatic heterocycles. The second-order valence-electron chi connectivity index (χ2n) is 6.94. The first-order valence-corrected chi connectivity index (χ1v) is 7.91. The van der Waals surface area contributed by atoms with Crippen LogP contribution in [-0.2, 0) is 19.1 Å². The maximum Gasteiger partial charge on any atom is 0.312 e. The van der Waals surface area contributed by atoms with Crippen LogP contribution in [0.3, 0.4) is 0 Å². The van der Waals surface area contributed by atoms with Crippen molar-refractivity contribution in [2.75, 3.05) is 0 Å². The highest BCUT2D eigenvalue weighted by Crippen LogP contribution is 2.55. The molecule has 6 atom stereocenters. The Morgan fingerprint density at radius 1 is 1.40 bits per heavy atom. The summed E-state index contributed by atoms with van der Waals surface area (Å²) in [6.07, 6.45) is 4.06. The minimum atomic E-state index is -0.404. The monoisotopic (exact) mass is 280 g/mol. The third-order valence-corrected chi connectivity index (χ3v) is 5.73. The average molecular weight is 280 g/mol. The molecule has 0 aromatic carbocycles. The van der Waals surface area contributed by atoms with Gasteiger partial charge in [0.1, 0.15) is 12.2 Å². The lowest BCUT2D eigenvalue weighted by Crippen LogP contribution is -2.40. The summed E-state index contributed by atoms with van der Waals surface area (Å²) >= 11 is 0. The number of carbonyl (C=O) groups is 2. The first-order valence-electron chi connectivity index (χ1n) is 7.91. The van der Waals surface area contributed by atoms with Crippen molar-refractivity contribution < 1.29 is 19.1 Å². The van der Waals surface area contributed by atoms with Crippen molar-refractivity contribution >= 4 is 11.9 Å². The summed E-state index contributed by atoms with van der Waals surface area (Å²) in [7, 11) is 0. The van der Waals surface area contributed by atoms with Gasteiger partial charge in [0, 0.05) is 11.8 Å². The van der Waals surface area contributed by atoms with E-state index in [9.17, 15) is 9.59 Å².